The molecule has 0 heterocycles. The first-order valence-corrected chi connectivity index (χ1v) is 10.8. The highest BCUT2D eigenvalue weighted by atomic mass is 16.6. The summed E-state index contributed by atoms with van der Waals surface area (Å²) in [5.41, 5.74) is 8.13. The van der Waals surface area contributed by atoms with Gasteiger partial charge in [0.15, 0.2) is 0 Å². The Morgan fingerprint density at radius 1 is 1.13 bits per heavy atom. The summed E-state index contributed by atoms with van der Waals surface area (Å²) in [7, 11) is 0. The number of non-ortho nitro benzene ring substituents is 1. The van der Waals surface area contributed by atoms with Crippen molar-refractivity contribution in [3.63, 3.8) is 0 Å². The standard InChI is InChI=1S/C24H27N3O3/c1-24-13-12-20-19-9-7-18(28)14-15(19)2-8-21(20)22(24)10-11-23(24)26-25-16-3-5-17(6-4-16)27(29)30/h3-7,9,14,20-22,25,28H,2,8,10-13H2,1H3/b26-23-/t20-,21+,22+,24-/m1/s1. The number of hydrogen-bond donors (Lipinski definition) is 2. The Hall–Kier alpha value is -2.89. The van der Waals surface area contributed by atoms with Crippen molar-refractivity contribution in [3.8, 4) is 5.75 Å². The number of nitrogens with one attached hydrogen (secondary N) is 1. The number of hydrogen-bond acceptors (Lipinski definition) is 5. The maximum Gasteiger partial charge on any atom is 0.269 e. The summed E-state index contributed by atoms with van der Waals surface area (Å²) in [4.78, 5) is 10.4. The molecule has 2 aromatic carbocycles. The van der Waals surface area contributed by atoms with Crippen LogP contribution in [-0.2, 0) is 6.42 Å². The average Bonchev–Trinajstić information content (AvgIpc) is 3.08. The van der Waals surface area contributed by atoms with Gasteiger partial charge in [-0.25, -0.2) is 0 Å². The molecule has 0 aromatic heterocycles. The molecule has 30 heavy (non-hydrogen) atoms. The molecule has 0 spiro atoms. The van der Waals surface area contributed by atoms with Crippen molar-refractivity contribution < 1.29 is 10.0 Å². The molecule has 0 aliphatic heterocycles. The molecule has 3 aliphatic carbocycles. The first kappa shape index (κ1) is 19.1. The number of phenols is 1. The van der Waals surface area contributed by atoms with E-state index in [1.807, 2.05) is 12.1 Å². The van der Waals surface area contributed by atoms with E-state index in [2.05, 4.69) is 18.4 Å². The van der Waals surface area contributed by atoms with E-state index in [4.69, 9.17) is 5.10 Å². The van der Waals surface area contributed by atoms with Crippen LogP contribution in [0.25, 0.3) is 0 Å². The third kappa shape index (κ3) is 3.06. The van der Waals surface area contributed by atoms with Crippen molar-refractivity contribution in [2.45, 2.75) is 51.4 Å². The van der Waals surface area contributed by atoms with E-state index in [9.17, 15) is 15.2 Å². The molecule has 0 unspecified atom stereocenters. The summed E-state index contributed by atoms with van der Waals surface area (Å²) in [6, 6.07) is 12.4. The van der Waals surface area contributed by atoms with E-state index in [-0.39, 0.29) is 16.0 Å². The molecule has 5 rings (SSSR count). The summed E-state index contributed by atoms with van der Waals surface area (Å²) in [6.07, 6.45) is 6.69. The largest absolute Gasteiger partial charge is 0.508 e. The zero-order valence-corrected chi connectivity index (χ0v) is 17.2. The number of nitrogens with zero attached hydrogens (tertiary/aromatic N) is 2. The smallest absolute Gasteiger partial charge is 0.269 e. The summed E-state index contributed by atoms with van der Waals surface area (Å²) < 4.78 is 0. The molecule has 156 valence electrons. The van der Waals surface area contributed by atoms with Crippen LogP contribution in [0.4, 0.5) is 11.4 Å². The van der Waals surface area contributed by atoms with Crippen LogP contribution < -0.4 is 5.43 Å². The summed E-state index contributed by atoms with van der Waals surface area (Å²) >= 11 is 0. The number of phenolic OH excluding ortho intramolecular Hbond substituents is 1. The van der Waals surface area contributed by atoms with Crippen molar-refractivity contribution in [3.05, 3.63) is 63.7 Å². The van der Waals surface area contributed by atoms with Crippen molar-refractivity contribution in [1.29, 1.82) is 0 Å². The quantitative estimate of drug-likeness (QED) is 0.512. The van der Waals surface area contributed by atoms with Crippen LogP contribution in [0.3, 0.4) is 0 Å². The van der Waals surface area contributed by atoms with E-state index in [1.54, 1.807) is 12.1 Å². The molecule has 6 nitrogen and oxygen atoms in total. The highest BCUT2D eigenvalue weighted by Crippen LogP contribution is 2.60. The lowest BCUT2D eigenvalue weighted by Crippen LogP contribution is -2.42. The molecule has 2 aromatic rings. The van der Waals surface area contributed by atoms with Crippen LogP contribution in [0.2, 0.25) is 0 Å². The number of aryl methyl sites for hydroxylation is 1. The van der Waals surface area contributed by atoms with Crippen molar-refractivity contribution >= 4 is 17.1 Å². The first-order chi connectivity index (χ1) is 14.5. The number of aromatic hydroxyl groups is 1. The SMILES string of the molecule is C[C@@]12CC[C@@H]3c4ccc(O)cc4CC[C@@H]3[C@@H]1CC/C2=N/Nc1ccc([N+](=O)[O-])cc1. The molecule has 0 amide bonds. The van der Waals surface area contributed by atoms with Gasteiger partial charge in [-0.2, -0.15) is 5.10 Å². The van der Waals surface area contributed by atoms with Gasteiger partial charge < -0.3 is 5.11 Å². The Morgan fingerprint density at radius 2 is 1.93 bits per heavy atom. The molecule has 0 radical (unpaired) electrons. The molecule has 4 atom stereocenters. The fourth-order valence-corrected chi connectivity index (χ4v) is 6.33. The Labute approximate surface area is 176 Å². The summed E-state index contributed by atoms with van der Waals surface area (Å²) in [5, 5.41) is 25.5. The second-order valence-corrected chi connectivity index (χ2v) is 9.27. The lowest BCUT2D eigenvalue weighted by molar-refractivity contribution is -0.384. The van der Waals surface area contributed by atoms with Gasteiger partial charge in [0.2, 0.25) is 0 Å². The minimum absolute atomic E-state index is 0.0883. The number of nitro benzene ring substituents is 1. The molecule has 2 saturated carbocycles. The lowest BCUT2D eigenvalue weighted by Gasteiger charge is -2.49. The topological polar surface area (TPSA) is 87.8 Å². The molecule has 2 N–H and O–H groups in total. The summed E-state index contributed by atoms with van der Waals surface area (Å²) in [6.45, 7) is 2.38. The third-order valence-corrected chi connectivity index (χ3v) is 7.85. The zero-order chi connectivity index (χ0) is 20.9. The molecule has 0 bridgehead atoms. The van der Waals surface area contributed by atoms with E-state index in [0.29, 0.717) is 23.5 Å². The van der Waals surface area contributed by atoms with Crippen LogP contribution in [0.15, 0.2) is 47.6 Å². The number of nitro groups is 1. The molecular weight excluding hydrogens is 378 g/mol. The van der Waals surface area contributed by atoms with Crippen LogP contribution in [-0.4, -0.2) is 15.7 Å². The minimum Gasteiger partial charge on any atom is -0.508 e. The lowest BCUT2D eigenvalue weighted by atomic mass is 9.55. The van der Waals surface area contributed by atoms with E-state index in [1.165, 1.54) is 41.8 Å². The molecule has 3 aliphatic rings. The third-order valence-electron chi connectivity index (χ3n) is 7.85. The maximum atomic E-state index is 10.8. The van der Waals surface area contributed by atoms with Crippen LogP contribution in [0.5, 0.6) is 5.75 Å². The number of anilines is 1. The Morgan fingerprint density at radius 3 is 2.70 bits per heavy atom. The van der Waals surface area contributed by atoms with Crippen LogP contribution >= 0.6 is 0 Å². The normalized spacial score (nSPS) is 31.0. The molecular formula is C24H27N3O3. The fourth-order valence-electron chi connectivity index (χ4n) is 6.33. The van der Waals surface area contributed by atoms with E-state index >= 15 is 0 Å². The summed E-state index contributed by atoms with van der Waals surface area (Å²) in [5.74, 6) is 2.28. The first-order valence-electron chi connectivity index (χ1n) is 10.8. The maximum absolute atomic E-state index is 10.8. The second kappa shape index (κ2) is 7.11. The minimum atomic E-state index is -0.388. The number of hydrazone groups is 1. The predicted molar refractivity (Wildman–Crippen MR) is 117 cm³/mol. The molecule has 2 fully saturated rings. The van der Waals surface area contributed by atoms with E-state index < -0.39 is 0 Å². The van der Waals surface area contributed by atoms with Crippen LogP contribution in [0.1, 0.15) is 56.1 Å². The molecule has 0 saturated heterocycles. The molecule has 6 heteroatoms. The Kier molecular flexibility index (Phi) is 4.53. The second-order valence-electron chi connectivity index (χ2n) is 9.27. The van der Waals surface area contributed by atoms with Gasteiger partial charge in [0, 0.05) is 23.3 Å². The van der Waals surface area contributed by atoms with Gasteiger partial charge in [-0.3, -0.25) is 15.5 Å². The number of rotatable bonds is 3. The highest BCUT2D eigenvalue weighted by molar-refractivity contribution is 5.93. The van der Waals surface area contributed by atoms with Crippen molar-refractivity contribution in [2.24, 2.45) is 22.4 Å². The average molecular weight is 405 g/mol. The Balaban J connectivity index is 1.35. The predicted octanol–water partition coefficient (Wildman–Crippen LogP) is 5.62. The zero-order valence-electron chi connectivity index (χ0n) is 17.2. The number of benzene rings is 2. The van der Waals surface area contributed by atoms with Gasteiger partial charge in [0.1, 0.15) is 5.75 Å². The van der Waals surface area contributed by atoms with Gasteiger partial charge in [-0.15, -0.1) is 0 Å². The van der Waals surface area contributed by atoms with Gasteiger partial charge in [0.05, 0.1) is 10.6 Å². The van der Waals surface area contributed by atoms with Gasteiger partial charge >= 0.3 is 0 Å². The van der Waals surface area contributed by atoms with E-state index in [0.717, 1.165) is 31.4 Å². The van der Waals surface area contributed by atoms with Crippen molar-refractivity contribution in [2.75, 3.05) is 5.43 Å². The van der Waals surface area contributed by atoms with Gasteiger partial charge in [-0.05, 0) is 91.7 Å². The van der Waals surface area contributed by atoms with Gasteiger partial charge in [-0.1, -0.05) is 13.0 Å². The van der Waals surface area contributed by atoms with Gasteiger partial charge in [0.25, 0.3) is 5.69 Å². The fraction of sp³-hybridized carbons (Fsp3) is 0.458. The number of fused-ring (bicyclic) bond motifs is 5. The Bertz CT molecular complexity index is 1020. The highest BCUT2D eigenvalue weighted by Gasteiger charge is 2.53. The van der Waals surface area contributed by atoms with Crippen LogP contribution in [0, 0.1) is 27.4 Å². The van der Waals surface area contributed by atoms with Crippen molar-refractivity contribution in [1.82, 2.24) is 0 Å². The monoisotopic (exact) mass is 405 g/mol.